The number of aryl methyl sites for hydroxylation is 1. The molecule has 1 rings (SSSR count). The Morgan fingerprint density at radius 2 is 1.86 bits per heavy atom. The first-order chi connectivity index (χ1) is 6.70. The van der Waals surface area contributed by atoms with Gasteiger partial charge < -0.3 is 0 Å². The first kappa shape index (κ1) is 11.5. The van der Waals surface area contributed by atoms with Crippen LogP contribution in [-0.2, 0) is 12.8 Å². The van der Waals surface area contributed by atoms with Crippen LogP contribution in [-0.4, -0.2) is 4.98 Å². The molecular formula is C12H17ClN. The summed E-state index contributed by atoms with van der Waals surface area (Å²) in [6.07, 6.45) is 7.18. The molecule has 1 radical (unpaired) electrons. The van der Waals surface area contributed by atoms with Crippen molar-refractivity contribution in [1.29, 1.82) is 0 Å². The van der Waals surface area contributed by atoms with E-state index in [1.165, 1.54) is 11.1 Å². The van der Waals surface area contributed by atoms with Gasteiger partial charge in [0.05, 0.1) is 5.02 Å². The molecule has 0 aliphatic carbocycles. The minimum absolute atomic E-state index is 0.698. The summed E-state index contributed by atoms with van der Waals surface area (Å²) in [6, 6.07) is 0. The van der Waals surface area contributed by atoms with Crippen molar-refractivity contribution >= 4 is 11.6 Å². The predicted molar refractivity (Wildman–Crippen MR) is 60.8 cm³/mol. The van der Waals surface area contributed by atoms with E-state index < -0.39 is 0 Å². The molecule has 14 heavy (non-hydrogen) atoms. The summed E-state index contributed by atoms with van der Waals surface area (Å²) < 4.78 is 0. The fourth-order valence-corrected chi connectivity index (χ4v) is 1.91. The van der Waals surface area contributed by atoms with Gasteiger partial charge in [0.25, 0.3) is 0 Å². The van der Waals surface area contributed by atoms with Crippen LogP contribution >= 0.6 is 11.6 Å². The second-order valence-electron chi connectivity index (χ2n) is 3.59. The topological polar surface area (TPSA) is 12.9 Å². The van der Waals surface area contributed by atoms with Crippen molar-refractivity contribution in [3.05, 3.63) is 28.0 Å². The number of pyridine rings is 1. The van der Waals surface area contributed by atoms with Crippen LogP contribution < -0.4 is 0 Å². The van der Waals surface area contributed by atoms with E-state index in [2.05, 4.69) is 32.0 Å². The lowest BCUT2D eigenvalue weighted by Crippen LogP contribution is -2.00. The molecule has 1 aromatic rings. The molecule has 0 aliphatic heterocycles. The molecule has 0 aromatic carbocycles. The van der Waals surface area contributed by atoms with Gasteiger partial charge in [0.15, 0.2) is 0 Å². The van der Waals surface area contributed by atoms with Gasteiger partial charge in [-0.05, 0) is 30.9 Å². The zero-order chi connectivity index (χ0) is 10.6. The Morgan fingerprint density at radius 1 is 1.21 bits per heavy atom. The summed E-state index contributed by atoms with van der Waals surface area (Å²) >= 11 is 6.06. The third-order valence-corrected chi connectivity index (χ3v) is 2.74. The molecular weight excluding hydrogens is 194 g/mol. The van der Waals surface area contributed by atoms with Gasteiger partial charge in [0.1, 0.15) is 6.20 Å². The molecule has 0 spiro atoms. The van der Waals surface area contributed by atoms with E-state index in [-0.39, 0.29) is 0 Å². The molecule has 0 aliphatic rings. The molecule has 0 amide bonds. The Labute approximate surface area is 91.5 Å². The Kier molecular flexibility index (Phi) is 4.40. The highest BCUT2D eigenvalue weighted by molar-refractivity contribution is 6.31. The van der Waals surface area contributed by atoms with Gasteiger partial charge in [0, 0.05) is 5.69 Å². The quantitative estimate of drug-likeness (QED) is 0.738. The van der Waals surface area contributed by atoms with E-state index in [1.807, 2.05) is 0 Å². The number of rotatable bonds is 4. The third-order valence-electron chi connectivity index (χ3n) is 2.43. The second kappa shape index (κ2) is 5.35. The minimum Gasteiger partial charge on any atom is -0.249 e. The lowest BCUT2D eigenvalue weighted by Gasteiger charge is -2.10. The number of hydrogen-bond donors (Lipinski definition) is 0. The van der Waals surface area contributed by atoms with Crippen LogP contribution in [0.3, 0.4) is 0 Å². The summed E-state index contributed by atoms with van der Waals surface area (Å²) in [7, 11) is 0. The third kappa shape index (κ3) is 2.48. The van der Waals surface area contributed by atoms with E-state index in [0.29, 0.717) is 5.02 Å². The van der Waals surface area contributed by atoms with E-state index in [1.54, 1.807) is 0 Å². The second-order valence-corrected chi connectivity index (χ2v) is 3.97. The van der Waals surface area contributed by atoms with E-state index >= 15 is 0 Å². The highest BCUT2D eigenvalue weighted by Gasteiger charge is 2.08. The predicted octanol–water partition coefficient (Wildman–Crippen LogP) is 3.75. The molecule has 1 aromatic heterocycles. The zero-order valence-electron chi connectivity index (χ0n) is 9.15. The number of hydrogen-bond acceptors (Lipinski definition) is 1. The molecule has 0 bridgehead atoms. The van der Waals surface area contributed by atoms with Gasteiger partial charge in [0.2, 0.25) is 0 Å². The standard InChI is InChI=1S/C12H17ClN/c1-4-6-10-9(3)12(7-5-2)14-8-11(10)13/h4-7H2,1-3H3. The van der Waals surface area contributed by atoms with Crippen molar-refractivity contribution in [3.63, 3.8) is 0 Å². The van der Waals surface area contributed by atoms with Crippen molar-refractivity contribution < 1.29 is 0 Å². The molecule has 0 unspecified atom stereocenters. The molecule has 77 valence electrons. The molecule has 1 nitrogen and oxygen atoms in total. The molecule has 0 fully saturated rings. The van der Waals surface area contributed by atoms with E-state index in [0.717, 1.165) is 31.4 Å². The van der Waals surface area contributed by atoms with Gasteiger partial charge in [-0.1, -0.05) is 38.3 Å². The lowest BCUT2D eigenvalue weighted by molar-refractivity contribution is 0.844. The molecule has 2 heteroatoms. The van der Waals surface area contributed by atoms with Crippen LogP contribution in [0.5, 0.6) is 0 Å². The summed E-state index contributed by atoms with van der Waals surface area (Å²) in [6.45, 7) is 6.44. The Bertz CT molecular complexity index is 307. The maximum atomic E-state index is 6.06. The monoisotopic (exact) mass is 210 g/mol. The molecule has 0 saturated heterocycles. The molecule has 0 N–H and O–H groups in total. The highest BCUT2D eigenvalue weighted by atomic mass is 35.5. The minimum atomic E-state index is 0.698. The number of halogens is 1. The number of aromatic nitrogens is 1. The average Bonchev–Trinajstić information content (AvgIpc) is 2.17. The van der Waals surface area contributed by atoms with Gasteiger partial charge >= 0.3 is 0 Å². The van der Waals surface area contributed by atoms with Crippen molar-refractivity contribution in [3.8, 4) is 0 Å². The van der Waals surface area contributed by atoms with Gasteiger partial charge in [-0.15, -0.1) is 0 Å². The van der Waals surface area contributed by atoms with Crippen LogP contribution in [0.2, 0.25) is 5.02 Å². The maximum absolute atomic E-state index is 6.06. The van der Waals surface area contributed by atoms with Gasteiger partial charge in [-0.3, -0.25) is 0 Å². The van der Waals surface area contributed by atoms with Crippen molar-refractivity contribution in [2.75, 3.05) is 0 Å². The van der Waals surface area contributed by atoms with Gasteiger partial charge in [-0.25, -0.2) is 4.98 Å². The Hall–Kier alpha value is -0.560. The van der Waals surface area contributed by atoms with Crippen LogP contribution in [0.1, 0.15) is 43.5 Å². The highest BCUT2D eigenvalue weighted by Crippen LogP contribution is 2.22. The van der Waals surface area contributed by atoms with Crippen LogP contribution in [0, 0.1) is 13.1 Å². The fraction of sp³-hybridized carbons (Fsp3) is 0.583. The van der Waals surface area contributed by atoms with Crippen molar-refractivity contribution in [1.82, 2.24) is 4.98 Å². The Morgan fingerprint density at radius 3 is 2.43 bits per heavy atom. The molecule has 1 heterocycles. The van der Waals surface area contributed by atoms with E-state index in [4.69, 9.17) is 11.6 Å². The zero-order valence-corrected chi connectivity index (χ0v) is 9.91. The summed E-state index contributed by atoms with van der Waals surface area (Å²) in [5.41, 5.74) is 3.64. The van der Waals surface area contributed by atoms with Gasteiger partial charge in [-0.2, -0.15) is 0 Å². The van der Waals surface area contributed by atoms with Crippen molar-refractivity contribution in [2.24, 2.45) is 0 Å². The van der Waals surface area contributed by atoms with Crippen LogP contribution in [0.15, 0.2) is 0 Å². The fourth-order valence-electron chi connectivity index (χ4n) is 1.63. The number of nitrogens with zero attached hydrogens (tertiary/aromatic N) is 1. The largest absolute Gasteiger partial charge is 0.249 e. The summed E-state index contributed by atoms with van der Waals surface area (Å²) in [4.78, 5) is 4.25. The maximum Gasteiger partial charge on any atom is 0.109 e. The first-order valence-corrected chi connectivity index (χ1v) is 5.64. The van der Waals surface area contributed by atoms with Crippen LogP contribution in [0.4, 0.5) is 0 Å². The average molecular weight is 211 g/mol. The van der Waals surface area contributed by atoms with Crippen molar-refractivity contribution in [2.45, 2.75) is 46.5 Å². The lowest BCUT2D eigenvalue weighted by atomic mass is 10.0. The summed E-state index contributed by atoms with van der Waals surface area (Å²) in [5.74, 6) is 0. The SMILES string of the molecule is CCCc1n[c]c(Cl)c(CCC)c1C. The smallest absolute Gasteiger partial charge is 0.109 e. The van der Waals surface area contributed by atoms with E-state index in [9.17, 15) is 0 Å². The van der Waals surface area contributed by atoms with Crippen LogP contribution in [0.25, 0.3) is 0 Å². The first-order valence-electron chi connectivity index (χ1n) is 5.26. The summed E-state index contributed by atoms with van der Waals surface area (Å²) in [5, 5.41) is 0.698. The normalized spacial score (nSPS) is 10.6. The molecule has 0 atom stereocenters. The Balaban J connectivity index is 3.05. The molecule has 0 saturated carbocycles.